The van der Waals surface area contributed by atoms with Gasteiger partial charge in [0.1, 0.15) is 5.82 Å². The van der Waals surface area contributed by atoms with Crippen molar-refractivity contribution >= 4 is 17.4 Å². The summed E-state index contributed by atoms with van der Waals surface area (Å²) in [7, 11) is 4.83. The van der Waals surface area contributed by atoms with Gasteiger partial charge in [-0.2, -0.15) is 0 Å². The first-order valence-electron chi connectivity index (χ1n) is 8.84. The van der Waals surface area contributed by atoms with Crippen LogP contribution in [0.1, 0.15) is 11.1 Å². The molecule has 0 spiro atoms. The molecule has 2 aromatic carbocycles. The van der Waals surface area contributed by atoms with E-state index in [0.717, 1.165) is 22.0 Å². The number of hydrogen-bond acceptors (Lipinski definition) is 5. The number of benzene rings is 2. The van der Waals surface area contributed by atoms with Crippen LogP contribution >= 0.6 is 11.6 Å². The lowest BCUT2D eigenvalue weighted by Crippen LogP contribution is -2.23. The molecule has 0 fully saturated rings. The molecule has 1 aromatic heterocycles. The second-order valence-electron chi connectivity index (χ2n) is 6.20. The monoisotopic (exact) mass is 398 g/mol. The van der Waals surface area contributed by atoms with Gasteiger partial charge in [-0.1, -0.05) is 29.8 Å². The number of hydrogen-bond donors (Lipinski definition) is 0. The highest BCUT2D eigenvalue weighted by atomic mass is 35.5. The van der Waals surface area contributed by atoms with Gasteiger partial charge in [-0.05, 0) is 47.5 Å². The van der Waals surface area contributed by atoms with E-state index in [2.05, 4.69) is 9.88 Å². The Morgan fingerprint density at radius 3 is 2.00 bits per heavy atom. The van der Waals surface area contributed by atoms with Gasteiger partial charge in [0.05, 0.1) is 21.3 Å². The minimum absolute atomic E-state index is 0.579. The van der Waals surface area contributed by atoms with Crippen LogP contribution in [0.25, 0.3) is 0 Å². The summed E-state index contributed by atoms with van der Waals surface area (Å²) in [6.07, 6.45) is 1.79. The van der Waals surface area contributed by atoms with E-state index in [1.165, 1.54) is 0 Å². The van der Waals surface area contributed by atoms with Crippen LogP contribution in [-0.2, 0) is 13.1 Å². The van der Waals surface area contributed by atoms with E-state index in [1.807, 2.05) is 54.6 Å². The Morgan fingerprint density at radius 2 is 1.46 bits per heavy atom. The maximum absolute atomic E-state index is 6.02. The SMILES string of the molecule is COc1cc(CN(Cc2ccc(Cl)cc2)c2ccccn2)cc(OC)c1OC. The summed E-state index contributed by atoms with van der Waals surface area (Å²) in [6, 6.07) is 17.6. The molecule has 0 aliphatic rings. The topological polar surface area (TPSA) is 43.8 Å². The maximum atomic E-state index is 6.02. The van der Waals surface area contributed by atoms with Gasteiger partial charge in [0, 0.05) is 24.3 Å². The molecular formula is C22H23ClN2O3. The van der Waals surface area contributed by atoms with Crippen LogP contribution in [0.15, 0.2) is 60.8 Å². The molecule has 3 rings (SSSR count). The molecule has 3 aromatic rings. The fourth-order valence-electron chi connectivity index (χ4n) is 3.02. The predicted octanol–water partition coefficient (Wildman–Crippen LogP) is 4.97. The van der Waals surface area contributed by atoms with Gasteiger partial charge < -0.3 is 19.1 Å². The Labute approximate surface area is 170 Å². The molecule has 1 heterocycles. The molecule has 6 heteroatoms. The summed E-state index contributed by atoms with van der Waals surface area (Å²) in [5.74, 6) is 2.72. The van der Waals surface area contributed by atoms with Crippen LogP contribution in [0.5, 0.6) is 17.2 Å². The molecule has 5 nitrogen and oxygen atoms in total. The van der Waals surface area contributed by atoms with Gasteiger partial charge in [-0.15, -0.1) is 0 Å². The van der Waals surface area contributed by atoms with Crippen LogP contribution < -0.4 is 19.1 Å². The molecule has 0 amide bonds. The average Bonchev–Trinajstić information content (AvgIpc) is 2.74. The van der Waals surface area contributed by atoms with E-state index in [0.29, 0.717) is 30.3 Å². The lowest BCUT2D eigenvalue weighted by molar-refractivity contribution is 0.323. The van der Waals surface area contributed by atoms with Crippen LogP contribution in [0.3, 0.4) is 0 Å². The third kappa shape index (κ3) is 4.67. The Kier molecular flexibility index (Phi) is 6.61. The van der Waals surface area contributed by atoms with E-state index < -0.39 is 0 Å². The molecule has 0 unspecified atom stereocenters. The molecule has 0 bridgehead atoms. The van der Waals surface area contributed by atoms with Gasteiger partial charge >= 0.3 is 0 Å². The molecule has 0 atom stereocenters. The third-order valence-electron chi connectivity index (χ3n) is 4.36. The Hall–Kier alpha value is -2.92. The molecule has 0 saturated heterocycles. The van der Waals surface area contributed by atoms with E-state index >= 15 is 0 Å². The second-order valence-corrected chi connectivity index (χ2v) is 6.64. The molecule has 28 heavy (non-hydrogen) atoms. The zero-order valence-corrected chi connectivity index (χ0v) is 16.9. The zero-order valence-electron chi connectivity index (χ0n) is 16.2. The molecule has 0 aliphatic heterocycles. The first kappa shape index (κ1) is 19.8. The van der Waals surface area contributed by atoms with Crippen molar-refractivity contribution in [3.05, 3.63) is 76.9 Å². The van der Waals surface area contributed by atoms with Crippen molar-refractivity contribution in [3.63, 3.8) is 0 Å². The van der Waals surface area contributed by atoms with E-state index in [9.17, 15) is 0 Å². The third-order valence-corrected chi connectivity index (χ3v) is 4.61. The molecular weight excluding hydrogens is 376 g/mol. The molecule has 0 radical (unpaired) electrons. The Balaban J connectivity index is 1.94. The van der Waals surface area contributed by atoms with Gasteiger partial charge in [0.2, 0.25) is 5.75 Å². The molecule has 146 valence electrons. The minimum atomic E-state index is 0.579. The highest BCUT2D eigenvalue weighted by molar-refractivity contribution is 6.30. The Bertz CT molecular complexity index is 876. The molecule has 0 aliphatic carbocycles. The largest absolute Gasteiger partial charge is 0.493 e. The summed E-state index contributed by atoms with van der Waals surface area (Å²) < 4.78 is 16.4. The summed E-state index contributed by atoms with van der Waals surface area (Å²) >= 11 is 6.02. The number of halogens is 1. The summed E-state index contributed by atoms with van der Waals surface area (Å²) in [5, 5.41) is 0.720. The number of ether oxygens (including phenoxy) is 3. The lowest BCUT2D eigenvalue weighted by Gasteiger charge is -2.25. The van der Waals surface area contributed by atoms with Gasteiger partial charge in [-0.3, -0.25) is 0 Å². The van der Waals surface area contributed by atoms with Crippen molar-refractivity contribution in [1.82, 2.24) is 4.98 Å². The summed E-state index contributed by atoms with van der Waals surface area (Å²) in [4.78, 5) is 6.70. The number of anilines is 1. The van der Waals surface area contributed by atoms with Gasteiger partial charge in [-0.25, -0.2) is 4.98 Å². The van der Waals surface area contributed by atoms with Gasteiger partial charge in [0.15, 0.2) is 11.5 Å². The second kappa shape index (κ2) is 9.33. The lowest BCUT2D eigenvalue weighted by atomic mass is 10.1. The summed E-state index contributed by atoms with van der Waals surface area (Å²) in [5.41, 5.74) is 2.16. The minimum Gasteiger partial charge on any atom is -0.493 e. The van der Waals surface area contributed by atoms with Crippen molar-refractivity contribution in [2.75, 3.05) is 26.2 Å². The smallest absolute Gasteiger partial charge is 0.203 e. The number of nitrogens with zero attached hydrogens (tertiary/aromatic N) is 2. The molecule has 0 saturated carbocycles. The number of pyridine rings is 1. The van der Waals surface area contributed by atoms with E-state index in [-0.39, 0.29) is 0 Å². The highest BCUT2D eigenvalue weighted by Crippen LogP contribution is 2.38. The number of rotatable bonds is 8. The number of methoxy groups -OCH3 is 3. The highest BCUT2D eigenvalue weighted by Gasteiger charge is 2.16. The fraction of sp³-hybridized carbons (Fsp3) is 0.227. The van der Waals surface area contributed by atoms with Crippen LogP contribution in [-0.4, -0.2) is 26.3 Å². The van der Waals surface area contributed by atoms with Crippen LogP contribution in [0.2, 0.25) is 5.02 Å². The predicted molar refractivity (Wildman–Crippen MR) is 112 cm³/mol. The van der Waals surface area contributed by atoms with E-state index in [4.69, 9.17) is 25.8 Å². The van der Waals surface area contributed by atoms with Crippen molar-refractivity contribution in [1.29, 1.82) is 0 Å². The standard InChI is InChI=1S/C22H23ClN2O3/c1-26-19-12-17(13-20(27-2)22(19)28-3)15-25(21-6-4-5-11-24-21)14-16-7-9-18(23)10-8-16/h4-13H,14-15H2,1-3H3. The average molecular weight is 399 g/mol. The zero-order chi connectivity index (χ0) is 19.9. The quantitative estimate of drug-likeness (QED) is 0.536. The van der Waals surface area contributed by atoms with Crippen molar-refractivity contribution < 1.29 is 14.2 Å². The van der Waals surface area contributed by atoms with Crippen LogP contribution in [0.4, 0.5) is 5.82 Å². The fourth-order valence-corrected chi connectivity index (χ4v) is 3.14. The van der Waals surface area contributed by atoms with Crippen molar-refractivity contribution in [2.45, 2.75) is 13.1 Å². The molecule has 0 N–H and O–H groups in total. The first-order chi connectivity index (χ1) is 13.6. The first-order valence-corrected chi connectivity index (χ1v) is 9.21. The van der Waals surface area contributed by atoms with E-state index in [1.54, 1.807) is 27.5 Å². The van der Waals surface area contributed by atoms with Crippen LogP contribution in [0, 0.1) is 0 Å². The maximum Gasteiger partial charge on any atom is 0.203 e. The van der Waals surface area contributed by atoms with Gasteiger partial charge in [0.25, 0.3) is 0 Å². The van der Waals surface area contributed by atoms with Crippen molar-refractivity contribution in [2.24, 2.45) is 0 Å². The Morgan fingerprint density at radius 1 is 0.821 bits per heavy atom. The normalized spacial score (nSPS) is 10.4. The van der Waals surface area contributed by atoms with Crippen molar-refractivity contribution in [3.8, 4) is 17.2 Å². The number of aromatic nitrogens is 1. The summed E-state index contributed by atoms with van der Waals surface area (Å²) in [6.45, 7) is 1.31.